The number of rotatable bonds is 7. The molecule has 0 aliphatic heterocycles. The Hall–Kier alpha value is -0.610. The molecule has 1 heterocycles. The van der Waals surface area contributed by atoms with Gasteiger partial charge in [-0.25, -0.2) is 9.97 Å². The van der Waals surface area contributed by atoms with Gasteiger partial charge in [-0.3, -0.25) is 0 Å². The first-order valence-corrected chi connectivity index (χ1v) is 6.80. The third kappa shape index (κ3) is 5.47. The summed E-state index contributed by atoms with van der Waals surface area (Å²) in [6.07, 6.45) is 5.56. The molecule has 90 valence electrons. The Morgan fingerprint density at radius 2 is 2.25 bits per heavy atom. The lowest BCUT2D eigenvalue weighted by Crippen LogP contribution is -2.20. The summed E-state index contributed by atoms with van der Waals surface area (Å²) >= 11 is 1.75. The van der Waals surface area contributed by atoms with Gasteiger partial charge in [0.15, 0.2) is 5.16 Å². The van der Waals surface area contributed by atoms with E-state index in [1.54, 1.807) is 11.8 Å². The lowest BCUT2D eigenvalue weighted by Gasteiger charge is -2.08. The van der Waals surface area contributed by atoms with Crippen molar-refractivity contribution < 1.29 is 0 Å². The van der Waals surface area contributed by atoms with Gasteiger partial charge >= 0.3 is 0 Å². The van der Waals surface area contributed by atoms with Gasteiger partial charge in [-0.15, -0.1) is 0 Å². The Morgan fingerprint density at radius 1 is 1.44 bits per heavy atom. The van der Waals surface area contributed by atoms with Crippen molar-refractivity contribution >= 4 is 11.8 Å². The standard InChI is InChI=1S/C12H21N3S/c1-10(13-3)6-4-5-9-16-12-14-8-7-11(2)15-12/h7-8,10,13H,4-6,9H2,1-3H3. The molecule has 0 saturated heterocycles. The molecule has 0 bridgehead atoms. The Bertz CT molecular complexity index is 304. The van der Waals surface area contributed by atoms with Crippen molar-refractivity contribution in [1.29, 1.82) is 0 Å². The van der Waals surface area contributed by atoms with Crippen molar-refractivity contribution in [1.82, 2.24) is 15.3 Å². The maximum absolute atomic E-state index is 4.36. The molecule has 1 unspecified atom stereocenters. The predicted molar refractivity (Wildman–Crippen MR) is 69.9 cm³/mol. The van der Waals surface area contributed by atoms with Crippen molar-refractivity contribution in [3.63, 3.8) is 0 Å². The number of aromatic nitrogens is 2. The fourth-order valence-electron chi connectivity index (χ4n) is 1.36. The van der Waals surface area contributed by atoms with Crippen LogP contribution >= 0.6 is 11.8 Å². The molecule has 16 heavy (non-hydrogen) atoms. The molecule has 1 rings (SSSR count). The summed E-state index contributed by atoms with van der Waals surface area (Å²) in [7, 11) is 2.01. The normalized spacial score (nSPS) is 12.7. The predicted octanol–water partition coefficient (Wildman–Crippen LogP) is 2.66. The molecule has 0 aromatic carbocycles. The molecule has 0 amide bonds. The summed E-state index contributed by atoms with van der Waals surface area (Å²) < 4.78 is 0. The third-order valence-corrected chi connectivity index (χ3v) is 3.48. The van der Waals surface area contributed by atoms with E-state index in [-0.39, 0.29) is 0 Å². The molecular weight excluding hydrogens is 218 g/mol. The van der Waals surface area contributed by atoms with Crippen LogP contribution in [0, 0.1) is 6.92 Å². The second-order valence-corrected chi connectivity index (χ2v) is 5.08. The topological polar surface area (TPSA) is 37.8 Å². The Morgan fingerprint density at radius 3 is 2.94 bits per heavy atom. The molecule has 0 aliphatic rings. The number of hydrogen-bond acceptors (Lipinski definition) is 4. The molecule has 1 aromatic heterocycles. The molecule has 0 saturated carbocycles. The van der Waals surface area contributed by atoms with Gasteiger partial charge in [0.1, 0.15) is 0 Å². The van der Waals surface area contributed by atoms with Crippen LogP contribution in [0.3, 0.4) is 0 Å². The fourth-order valence-corrected chi connectivity index (χ4v) is 2.23. The van der Waals surface area contributed by atoms with Crippen LogP contribution < -0.4 is 5.32 Å². The molecule has 0 aliphatic carbocycles. The van der Waals surface area contributed by atoms with Gasteiger partial charge in [0.05, 0.1) is 0 Å². The highest BCUT2D eigenvalue weighted by molar-refractivity contribution is 7.99. The average molecular weight is 239 g/mol. The van der Waals surface area contributed by atoms with E-state index in [0.717, 1.165) is 16.6 Å². The molecule has 1 N–H and O–H groups in total. The smallest absolute Gasteiger partial charge is 0.187 e. The number of nitrogens with one attached hydrogen (secondary N) is 1. The minimum absolute atomic E-state index is 0.625. The lowest BCUT2D eigenvalue weighted by molar-refractivity contribution is 0.538. The van der Waals surface area contributed by atoms with Gasteiger partial charge in [0.2, 0.25) is 0 Å². The maximum Gasteiger partial charge on any atom is 0.187 e. The van der Waals surface area contributed by atoms with E-state index >= 15 is 0 Å². The lowest BCUT2D eigenvalue weighted by atomic mass is 10.1. The fraction of sp³-hybridized carbons (Fsp3) is 0.667. The first-order chi connectivity index (χ1) is 7.72. The van der Waals surface area contributed by atoms with Crippen LogP contribution in [-0.2, 0) is 0 Å². The molecule has 1 atom stereocenters. The van der Waals surface area contributed by atoms with E-state index in [9.17, 15) is 0 Å². The Balaban J connectivity index is 2.12. The quantitative estimate of drug-likeness (QED) is 0.451. The maximum atomic E-state index is 4.36. The zero-order valence-corrected chi connectivity index (χ0v) is 11.2. The number of nitrogens with zero attached hydrogens (tertiary/aromatic N) is 2. The van der Waals surface area contributed by atoms with Crippen LogP contribution in [0.15, 0.2) is 17.4 Å². The molecule has 1 aromatic rings. The van der Waals surface area contributed by atoms with Crippen molar-refractivity contribution in [3.05, 3.63) is 18.0 Å². The molecule has 0 fully saturated rings. The SMILES string of the molecule is CNC(C)CCCCSc1nccc(C)n1. The van der Waals surface area contributed by atoms with Crippen LogP contribution in [0.4, 0.5) is 0 Å². The number of unbranched alkanes of at least 4 members (excludes halogenated alkanes) is 1. The third-order valence-electron chi connectivity index (χ3n) is 2.53. The Labute approximate surface area is 102 Å². The van der Waals surface area contributed by atoms with Gasteiger partial charge in [-0.1, -0.05) is 18.2 Å². The first-order valence-electron chi connectivity index (χ1n) is 5.82. The van der Waals surface area contributed by atoms with Crippen LogP contribution in [0.1, 0.15) is 31.9 Å². The van der Waals surface area contributed by atoms with Gasteiger partial charge < -0.3 is 5.32 Å². The summed E-state index contributed by atoms with van der Waals surface area (Å²) in [6.45, 7) is 4.22. The summed E-state index contributed by atoms with van der Waals surface area (Å²) in [5, 5.41) is 4.15. The molecular formula is C12H21N3S. The zero-order chi connectivity index (χ0) is 11.8. The van der Waals surface area contributed by atoms with Crippen molar-refractivity contribution in [2.24, 2.45) is 0 Å². The van der Waals surface area contributed by atoms with Crippen LogP contribution in [0.25, 0.3) is 0 Å². The zero-order valence-electron chi connectivity index (χ0n) is 10.4. The average Bonchev–Trinajstić information content (AvgIpc) is 2.28. The van der Waals surface area contributed by atoms with Gasteiger partial charge in [0.25, 0.3) is 0 Å². The van der Waals surface area contributed by atoms with Crippen molar-refractivity contribution in [2.75, 3.05) is 12.8 Å². The number of thioether (sulfide) groups is 1. The van der Waals surface area contributed by atoms with Crippen molar-refractivity contribution in [2.45, 2.75) is 44.3 Å². The molecule has 0 spiro atoms. The van der Waals surface area contributed by atoms with E-state index in [1.165, 1.54) is 19.3 Å². The van der Waals surface area contributed by atoms with E-state index in [4.69, 9.17) is 0 Å². The van der Waals surface area contributed by atoms with Crippen LogP contribution in [0.5, 0.6) is 0 Å². The minimum Gasteiger partial charge on any atom is -0.317 e. The van der Waals surface area contributed by atoms with Crippen LogP contribution in [0.2, 0.25) is 0 Å². The van der Waals surface area contributed by atoms with Crippen molar-refractivity contribution in [3.8, 4) is 0 Å². The summed E-state index contributed by atoms with van der Waals surface area (Å²) in [5.74, 6) is 1.11. The largest absolute Gasteiger partial charge is 0.317 e. The monoisotopic (exact) mass is 239 g/mol. The molecule has 4 heteroatoms. The van der Waals surface area contributed by atoms with E-state index < -0.39 is 0 Å². The highest BCUT2D eigenvalue weighted by atomic mass is 32.2. The summed E-state index contributed by atoms with van der Waals surface area (Å²) in [5.41, 5.74) is 1.04. The second kappa shape index (κ2) is 7.63. The van der Waals surface area contributed by atoms with E-state index in [0.29, 0.717) is 6.04 Å². The minimum atomic E-state index is 0.625. The van der Waals surface area contributed by atoms with E-state index in [1.807, 2.05) is 26.2 Å². The van der Waals surface area contributed by atoms with Gasteiger partial charge in [-0.2, -0.15) is 0 Å². The van der Waals surface area contributed by atoms with Gasteiger partial charge in [-0.05, 0) is 39.8 Å². The number of hydrogen-bond donors (Lipinski definition) is 1. The molecule has 3 nitrogen and oxygen atoms in total. The number of aryl methyl sites for hydroxylation is 1. The molecule has 0 radical (unpaired) electrons. The summed E-state index contributed by atoms with van der Waals surface area (Å²) in [4.78, 5) is 8.59. The highest BCUT2D eigenvalue weighted by Gasteiger charge is 2.00. The van der Waals surface area contributed by atoms with E-state index in [2.05, 4.69) is 22.2 Å². The second-order valence-electron chi connectivity index (χ2n) is 4.01. The summed E-state index contributed by atoms with van der Waals surface area (Å²) in [6, 6.07) is 2.55. The first kappa shape index (κ1) is 13.5. The van der Waals surface area contributed by atoms with Gasteiger partial charge in [0, 0.05) is 23.7 Å². The van der Waals surface area contributed by atoms with Crippen LogP contribution in [-0.4, -0.2) is 28.8 Å². The Kier molecular flexibility index (Phi) is 6.42. The highest BCUT2D eigenvalue weighted by Crippen LogP contribution is 2.15.